The molecule has 35 heavy (non-hydrogen) atoms. The van der Waals surface area contributed by atoms with Gasteiger partial charge in [0.25, 0.3) is 5.91 Å². The van der Waals surface area contributed by atoms with Gasteiger partial charge in [0.05, 0.1) is 48.9 Å². The number of carbonyl (C=O) groups excluding carboxylic acids is 3. The number of hydrogen-bond acceptors (Lipinski definition) is 10. The lowest BCUT2D eigenvalue weighted by Gasteiger charge is -2.15. The third kappa shape index (κ3) is 4.61. The maximum absolute atomic E-state index is 13.3. The standard InChI is InChI=1S/C24H23N3O6S2/c1-6-27-20(28)19(21-26(2)17-12-16(31-3)7-8-18(17)34-21)35-24(27)25-15-10-13(22(29)32-4)9-14(11-15)23(30)33-5/h7-12H,6H2,1-5H3. The zero-order valence-electron chi connectivity index (χ0n) is 19.8. The molecule has 2 aliphatic heterocycles. The predicted molar refractivity (Wildman–Crippen MR) is 135 cm³/mol. The second-order valence-corrected chi connectivity index (χ2v) is 9.43. The van der Waals surface area contributed by atoms with Crippen LogP contribution in [0.15, 0.2) is 56.2 Å². The van der Waals surface area contributed by atoms with Crippen molar-refractivity contribution in [1.82, 2.24) is 4.90 Å². The van der Waals surface area contributed by atoms with Gasteiger partial charge in [-0.2, -0.15) is 0 Å². The number of aliphatic imine (C=N–C) groups is 1. The molecule has 2 aromatic carbocycles. The summed E-state index contributed by atoms with van der Waals surface area (Å²) in [7, 11) is 6.03. The van der Waals surface area contributed by atoms with E-state index < -0.39 is 11.9 Å². The lowest BCUT2D eigenvalue weighted by Crippen LogP contribution is -2.29. The SMILES string of the molecule is CCN1C(=O)C(=C2Sc3ccc(OC)cc3N2C)SC1=Nc1cc(C(=O)OC)cc(C(=O)OC)c1. The number of likely N-dealkylation sites (N-methyl/N-ethyl adjacent to an activating group) is 1. The second-order valence-electron chi connectivity index (χ2n) is 7.43. The van der Waals surface area contributed by atoms with Crippen LogP contribution < -0.4 is 9.64 Å². The highest BCUT2D eigenvalue weighted by Gasteiger charge is 2.38. The van der Waals surface area contributed by atoms with Gasteiger partial charge >= 0.3 is 11.9 Å². The van der Waals surface area contributed by atoms with E-state index in [1.54, 1.807) is 12.0 Å². The smallest absolute Gasteiger partial charge is 0.337 e. The van der Waals surface area contributed by atoms with Crippen molar-refractivity contribution in [1.29, 1.82) is 0 Å². The number of fused-ring (bicyclic) bond motifs is 1. The lowest BCUT2D eigenvalue weighted by molar-refractivity contribution is -0.122. The van der Waals surface area contributed by atoms with Crippen LogP contribution in [0.5, 0.6) is 5.75 Å². The summed E-state index contributed by atoms with van der Waals surface area (Å²) in [6.07, 6.45) is 0. The fraction of sp³-hybridized carbons (Fsp3) is 0.250. The van der Waals surface area contributed by atoms with Gasteiger partial charge in [0.15, 0.2) is 5.17 Å². The highest BCUT2D eigenvalue weighted by molar-refractivity contribution is 8.19. The topological polar surface area (TPSA) is 97.7 Å². The molecule has 0 atom stereocenters. The van der Waals surface area contributed by atoms with Gasteiger partial charge in [-0.3, -0.25) is 9.69 Å². The van der Waals surface area contributed by atoms with E-state index in [1.165, 1.54) is 55.9 Å². The zero-order valence-corrected chi connectivity index (χ0v) is 21.4. The quantitative estimate of drug-likeness (QED) is 0.429. The summed E-state index contributed by atoms with van der Waals surface area (Å²) in [5, 5.41) is 1.24. The molecular weight excluding hydrogens is 490 g/mol. The Bertz CT molecular complexity index is 1260. The van der Waals surface area contributed by atoms with Crippen molar-refractivity contribution < 1.29 is 28.6 Å². The van der Waals surface area contributed by atoms with E-state index in [4.69, 9.17) is 14.2 Å². The molecule has 0 aliphatic carbocycles. The zero-order chi connectivity index (χ0) is 25.3. The minimum absolute atomic E-state index is 0.154. The van der Waals surface area contributed by atoms with Crippen molar-refractivity contribution in [2.45, 2.75) is 11.8 Å². The molecule has 2 aromatic rings. The number of benzene rings is 2. The Morgan fingerprint density at radius 2 is 1.63 bits per heavy atom. The van der Waals surface area contributed by atoms with Gasteiger partial charge in [0, 0.05) is 24.6 Å². The molecule has 1 fully saturated rings. The molecule has 2 aliphatic rings. The molecule has 0 spiro atoms. The maximum Gasteiger partial charge on any atom is 0.337 e. The van der Waals surface area contributed by atoms with Gasteiger partial charge in [0.2, 0.25) is 0 Å². The van der Waals surface area contributed by atoms with Gasteiger partial charge in [-0.05, 0) is 49.0 Å². The molecule has 0 N–H and O–H groups in total. The average molecular weight is 514 g/mol. The minimum Gasteiger partial charge on any atom is -0.497 e. The molecular formula is C24H23N3O6S2. The Morgan fingerprint density at radius 1 is 0.971 bits per heavy atom. The van der Waals surface area contributed by atoms with Crippen molar-refractivity contribution >= 4 is 57.9 Å². The third-order valence-corrected chi connectivity index (χ3v) is 7.83. The molecule has 4 rings (SSSR count). The molecule has 11 heteroatoms. The Hall–Kier alpha value is -3.44. The van der Waals surface area contributed by atoms with Gasteiger partial charge in [-0.1, -0.05) is 11.8 Å². The normalized spacial score (nSPS) is 18.2. The average Bonchev–Trinajstić information content (AvgIpc) is 3.37. The van der Waals surface area contributed by atoms with E-state index in [2.05, 4.69) is 4.99 Å². The number of carbonyl (C=O) groups is 3. The first kappa shape index (κ1) is 24.7. The van der Waals surface area contributed by atoms with E-state index in [0.29, 0.717) is 22.3 Å². The van der Waals surface area contributed by atoms with Crippen LogP contribution >= 0.6 is 23.5 Å². The first-order valence-corrected chi connectivity index (χ1v) is 12.2. The van der Waals surface area contributed by atoms with Crippen molar-refractivity contribution in [3.05, 3.63) is 57.5 Å². The fourth-order valence-electron chi connectivity index (χ4n) is 3.61. The number of ether oxygens (including phenoxy) is 3. The van der Waals surface area contributed by atoms with Gasteiger partial charge in [0.1, 0.15) is 10.7 Å². The number of thioether (sulfide) groups is 2. The van der Waals surface area contributed by atoms with E-state index in [1.807, 2.05) is 37.1 Å². The van der Waals surface area contributed by atoms with E-state index in [9.17, 15) is 14.4 Å². The van der Waals surface area contributed by atoms with Crippen LogP contribution in [0.25, 0.3) is 0 Å². The Kier molecular flexibility index (Phi) is 7.08. The van der Waals surface area contributed by atoms with Gasteiger partial charge in [-0.25, -0.2) is 14.6 Å². The third-order valence-electron chi connectivity index (χ3n) is 5.40. The van der Waals surface area contributed by atoms with Crippen molar-refractivity contribution in [2.24, 2.45) is 4.99 Å². The van der Waals surface area contributed by atoms with E-state index in [0.717, 1.165) is 21.4 Å². The summed E-state index contributed by atoms with van der Waals surface area (Å²) in [5.74, 6) is -0.653. The summed E-state index contributed by atoms with van der Waals surface area (Å²) in [6.45, 7) is 2.26. The summed E-state index contributed by atoms with van der Waals surface area (Å²) in [6, 6.07) is 10.2. The number of methoxy groups -OCH3 is 3. The molecule has 1 saturated heterocycles. The highest BCUT2D eigenvalue weighted by Crippen LogP contribution is 2.51. The van der Waals surface area contributed by atoms with Crippen LogP contribution in [0.2, 0.25) is 0 Å². The molecule has 0 saturated carbocycles. The van der Waals surface area contributed by atoms with Gasteiger partial charge in [-0.15, -0.1) is 0 Å². The lowest BCUT2D eigenvalue weighted by atomic mass is 10.1. The summed E-state index contributed by atoms with van der Waals surface area (Å²) in [4.78, 5) is 47.3. The molecule has 0 aromatic heterocycles. The fourth-order valence-corrected chi connectivity index (χ4v) is 6.00. The molecule has 0 unspecified atom stereocenters. The van der Waals surface area contributed by atoms with Crippen molar-refractivity contribution in [3.8, 4) is 5.75 Å². The highest BCUT2D eigenvalue weighted by atomic mass is 32.2. The summed E-state index contributed by atoms with van der Waals surface area (Å²) in [5.41, 5.74) is 1.59. The first-order chi connectivity index (χ1) is 16.8. The van der Waals surface area contributed by atoms with Crippen LogP contribution in [0, 0.1) is 0 Å². The molecule has 1 amide bonds. The van der Waals surface area contributed by atoms with Crippen LogP contribution in [-0.4, -0.2) is 62.8 Å². The van der Waals surface area contributed by atoms with Gasteiger partial charge < -0.3 is 19.1 Å². The molecule has 182 valence electrons. The van der Waals surface area contributed by atoms with E-state index >= 15 is 0 Å². The second kappa shape index (κ2) is 10.0. The molecule has 9 nitrogen and oxygen atoms in total. The molecule has 0 bridgehead atoms. The Balaban J connectivity index is 1.75. The van der Waals surface area contributed by atoms with Crippen LogP contribution in [-0.2, 0) is 14.3 Å². The number of rotatable bonds is 5. The number of hydrogen-bond donors (Lipinski definition) is 0. The number of amides is 1. The van der Waals surface area contributed by atoms with Crippen LogP contribution in [0.3, 0.4) is 0 Å². The number of anilines is 1. The molecule has 2 heterocycles. The van der Waals surface area contributed by atoms with E-state index in [-0.39, 0.29) is 17.0 Å². The number of esters is 2. The minimum atomic E-state index is -0.611. The maximum atomic E-state index is 13.3. The largest absolute Gasteiger partial charge is 0.497 e. The monoisotopic (exact) mass is 513 g/mol. The summed E-state index contributed by atoms with van der Waals surface area (Å²) >= 11 is 2.76. The predicted octanol–water partition coefficient (Wildman–Crippen LogP) is 4.26. The Labute approximate surface area is 211 Å². The summed E-state index contributed by atoms with van der Waals surface area (Å²) < 4.78 is 14.9. The number of nitrogens with zero attached hydrogens (tertiary/aromatic N) is 3. The number of amidine groups is 1. The van der Waals surface area contributed by atoms with Crippen molar-refractivity contribution in [3.63, 3.8) is 0 Å². The van der Waals surface area contributed by atoms with Crippen LogP contribution in [0.4, 0.5) is 11.4 Å². The molecule has 0 radical (unpaired) electrons. The first-order valence-electron chi connectivity index (χ1n) is 10.5. The Morgan fingerprint density at radius 3 is 2.20 bits per heavy atom. The van der Waals surface area contributed by atoms with Crippen molar-refractivity contribution in [2.75, 3.05) is 39.8 Å². The van der Waals surface area contributed by atoms with Crippen LogP contribution in [0.1, 0.15) is 27.6 Å².